The molecule has 1 atom stereocenters. The summed E-state index contributed by atoms with van der Waals surface area (Å²) in [4.78, 5) is 21.1. The zero-order valence-electron chi connectivity index (χ0n) is 12.5. The lowest BCUT2D eigenvalue weighted by Crippen LogP contribution is -2.45. The first-order valence-electron chi connectivity index (χ1n) is 7.06. The van der Waals surface area contributed by atoms with E-state index >= 15 is 0 Å². The van der Waals surface area contributed by atoms with Crippen LogP contribution in [0, 0.1) is 13.8 Å². The van der Waals surface area contributed by atoms with Gasteiger partial charge >= 0.3 is 6.18 Å². The number of carbonyl (C=O) groups excluding carboxylic acids is 1. The summed E-state index contributed by atoms with van der Waals surface area (Å²) in [6, 6.07) is 1.67. The Morgan fingerprint density at radius 2 is 2.14 bits per heavy atom. The van der Waals surface area contributed by atoms with E-state index in [-0.39, 0.29) is 12.6 Å². The van der Waals surface area contributed by atoms with Crippen LogP contribution in [0.4, 0.5) is 13.2 Å². The third kappa shape index (κ3) is 4.85. The second kappa shape index (κ2) is 6.50. The van der Waals surface area contributed by atoms with Crippen LogP contribution in [0.2, 0.25) is 0 Å². The number of aryl methyl sites for hydroxylation is 2. The molecule has 0 saturated carbocycles. The molecule has 1 aliphatic rings. The quantitative estimate of drug-likeness (QED) is 0.859. The van der Waals surface area contributed by atoms with Crippen molar-refractivity contribution < 1.29 is 22.7 Å². The first-order valence-corrected chi connectivity index (χ1v) is 7.06. The van der Waals surface area contributed by atoms with E-state index in [9.17, 15) is 18.0 Å². The third-order valence-electron chi connectivity index (χ3n) is 3.31. The van der Waals surface area contributed by atoms with E-state index in [1.165, 1.54) is 4.90 Å². The van der Waals surface area contributed by atoms with Gasteiger partial charge in [0.25, 0.3) is 0 Å². The molecular weight excluding hydrogens is 299 g/mol. The molecule has 0 aromatic carbocycles. The molecule has 0 unspecified atom stereocenters. The minimum atomic E-state index is -4.48. The SMILES string of the molecule is Cc1cc(O[C@@H]2CCCN(C(=O)CC(F)(F)F)C2)nc(C)n1. The fourth-order valence-electron chi connectivity index (χ4n) is 2.46. The van der Waals surface area contributed by atoms with Crippen molar-refractivity contribution in [3.63, 3.8) is 0 Å². The smallest absolute Gasteiger partial charge is 0.397 e. The average molecular weight is 317 g/mol. The van der Waals surface area contributed by atoms with Crippen molar-refractivity contribution in [2.75, 3.05) is 13.1 Å². The molecule has 122 valence electrons. The molecule has 1 aromatic heterocycles. The molecule has 1 aliphatic heterocycles. The van der Waals surface area contributed by atoms with E-state index in [2.05, 4.69) is 9.97 Å². The number of ether oxygens (including phenoxy) is 1. The van der Waals surface area contributed by atoms with Crippen molar-refractivity contribution in [1.82, 2.24) is 14.9 Å². The molecule has 1 saturated heterocycles. The summed E-state index contributed by atoms with van der Waals surface area (Å²) < 4.78 is 42.6. The molecular formula is C14H18F3N3O2. The lowest BCUT2D eigenvalue weighted by Gasteiger charge is -2.33. The van der Waals surface area contributed by atoms with Gasteiger partial charge in [-0.05, 0) is 26.7 Å². The molecule has 5 nitrogen and oxygen atoms in total. The second-order valence-electron chi connectivity index (χ2n) is 5.41. The van der Waals surface area contributed by atoms with Crippen LogP contribution in [0.3, 0.4) is 0 Å². The summed E-state index contributed by atoms with van der Waals surface area (Å²) in [7, 11) is 0. The van der Waals surface area contributed by atoms with Crippen LogP contribution in [0.15, 0.2) is 6.07 Å². The molecule has 2 rings (SSSR count). The van der Waals surface area contributed by atoms with Gasteiger partial charge in [0.2, 0.25) is 11.8 Å². The van der Waals surface area contributed by atoms with E-state index in [0.717, 1.165) is 5.69 Å². The van der Waals surface area contributed by atoms with Crippen LogP contribution >= 0.6 is 0 Å². The molecule has 0 aliphatic carbocycles. The van der Waals surface area contributed by atoms with Gasteiger partial charge in [-0.15, -0.1) is 0 Å². The van der Waals surface area contributed by atoms with E-state index in [4.69, 9.17) is 4.74 Å². The van der Waals surface area contributed by atoms with Gasteiger partial charge in [-0.2, -0.15) is 18.2 Å². The number of piperidine rings is 1. The molecule has 1 fully saturated rings. The maximum atomic E-state index is 12.3. The number of likely N-dealkylation sites (tertiary alicyclic amines) is 1. The lowest BCUT2D eigenvalue weighted by atomic mass is 10.1. The van der Waals surface area contributed by atoms with Gasteiger partial charge < -0.3 is 9.64 Å². The number of amides is 1. The fourth-order valence-corrected chi connectivity index (χ4v) is 2.46. The molecule has 1 amide bonds. The zero-order valence-corrected chi connectivity index (χ0v) is 12.5. The van der Waals surface area contributed by atoms with Crippen LogP contribution in [0.25, 0.3) is 0 Å². The van der Waals surface area contributed by atoms with Gasteiger partial charge in [-0.3, -0.25) is 4.79 Å². The van der Waals surface area contributed by atoms with Crippen molar-refractivity contribution in [1.29, 1.82) is 0 Å². The Morgan fingerprint density at radius 3 is 2.77 bits per heavy atom. The maximum Gasteiger partial charge on any atom is 0.397 e. The minimum absolute atomic E-state index is 0.150. The summed E-state index contributed by atoms with van der Waals surface area (Å²) in [5.41, 5.74) is 0.753. The summed E-state index contributed by atoms with van der Waals surface area (Å²) >= 11 is 0. The first kappa shape index (κ1) is 16.5. The van der Waals surface area contributed by atoms with Crippen molar-refractivity contribution in [2.45, 2.75) is 45.4 Å². The molecule has 0 spiro atoms. The standard InChI is InChI=1S/C14H18F3N3O2/c1-9-6-12(19-10(2)18-9)22-11-4-3-5-20(8-11)13(21)7-14(15,16)17/h6,11H,3-5,7-8H2,1-2H3/t11-/m1/s1. The number of aromatic nitrogens is 2. The highest BCUT2D eigenvalue weighted by molar-refractivity contribution is 5.77. The van der Waals surface area contributed by atoms with Gasteiger partial charge in [0, 0.05) is 18.3 Å². The number of alkyl halides is 3. The summed E-state index contributed by atoms with van der Waals surface area (Å²) in [5, 5.41) is 0. The Balaban J connectivity index is 1.97. The van der Waals surface area contributed by atoms with Gasteiger partial charge in [-0.25, -0.2) is 4.98 Å². The minimum Gasteiger partial charge on any atom is -0.472 e. The van der Waals surface area contributed by atoms with Gasteiger partial charge in [0.1, 0.15) is 18.3 Å². The first-order chi connectivity index (χ1) is 10.2. The highest BCUT2D eigenvalue weighted by atomic mass is 19.4. The topological polar surface area (TPSA) is 55.3 Å². The van der Waals surface area contributed by atoms with E-state index < -0.39 is 18.5 Å². The van der Waals surface area contributed by atoms with Crippen LogP contribution < -0.4 is 4.74 Å². The van der Waals surface area contributed by atoms with Crippen LogP contribution in [0.5, 0.6) is 5.88 Å². The van der Waals surface area contributed by atoms with Crippen molar-refractivity contribution >= 4 is 5.91 Å². The molecule has 22 heavy (non-hydrogen) atoms. The lowest BCUT2D eigenvalue weighted by molar-refractivity contribution is -0.163. The number of hydrogen-bond acceptors (Lipinski definition) is 4. The number of carbonyl (C=O) groups is 1. The molecule has 8 heteroatoms. The predicted molar refractivity (Wildman–Crippen MR) is 72.4 cm³/mol. The average Bonchev–Trinajstić information content (AvgIpc) is 2.35. The Hall–Kier alpha value is -1.86. The highest BCUT2D eigenvalue weighted by Gasteiger charge is 2.35. The van der Waals surface area contributed by atoms with Crippen LogP contribution in [0.1, 0.15) is 30.8 Å². The monoisotopic (exact) mass is 317 g/mol. The van der Waals surface area contributed by atoms with Crippen LogP contribution in [-0.4, -0.2) is 46.1 Å². The Labute approximate surface area is 126 Å². The van der Waals surface area contributed by atoms with E-state index in [1.807, 2.05) is 6.92 Å². The molecule has 1 aromatic rings. The number of halogens is 3. The number of nitrogens with zero attached hydrogens (tertiary/aromatic N) is 3. The van der Waals surface area contributed by atoms with Crippen molar-refractivity contribution in [2.24, 2.45) is 0 Å². The van der Waals surface area contributed by atoms with Gasteiger partial charge in [0.05, 0.1) is 6.54 Å². The highest BCUT2D eigenvalue weighted by Crippen LogP contribution is 2.23. The Bertz CT molecular complexity index is 528. The number of rotatable bonds is 3. The van der Waals surface area contributed by atoms with Gasteiger partial charge in [0.15, 0.2) is 0 Å². The van der Waals surface area contributed by atoms with Gasteiger partial charge in [-0.1, -0.05) is 0 Å². The predicted octanol–water partition coefficient (Wildman–Crippen LogP) is 2.42. The largest absolute Gasteiger partial charge is 0.472 e. The third-order valence-corrected chi connectivity index (χ3v) is 3.31. The normalized spacial score (nSPS) is 19.1. The number of hydrogen-bond donors (Lipinski definition) is 0. The Morgan fingerprint density at radius 1 is 1.41 bits per heavy atom. The zero-order chi connectivity index (χ0) is 16.3. The maximum absolute atomic E-state index is 12.3. The summed E-state index contributed by atoms with van der Waals surface area (Å²) in [6.07, 6.45) is -4.97. The molecule has 2 heterocycles. The van der Waals surface area contributed by atoms with Crippen molar-refractivity contribution in [3.05, 3.63) is 17.6 Å². The fraction of sp³-hybridized carbons (Fsp3) is 0.643. The van der Waals surface area contributed by atoms with E-state index in [0.29, 0.717) is 31.1 Å². The molecule has 0 N–H and O–H groups in total. The summed E-state index contributed by atoms with van der Waals surface area (Å²) in [6.45, 7) is 4.02. The second-order valence-corrected chi connectivity index (χ2v) is 5.41. The Kier molecular flexibility index (Phi) is 4.87. The molecule has 0 bridgehead atoms. The van der Waals surface area contributed by atoms with Crippen molar-refractivity contribution in [3.8, 4) is 5.88 Å². The van der Waals surface area contributed by atoms with Crippen LogP contribution in [-0.2, 0) is 4.79 Å². The van der Waals surface area contributed by atoms with E-state index in [1.54, 1.807) is 13.0 Å². The summed E-state index contributed by atoms with van der Waals surface area (Å²) in [5.74, 6) is 0.0479. The molecule has 0 radical (unpaired) electrons.